The van der Waals surface area contributed by atoms with E-state index in [-0.39, 0.29) is 24.1 Å². The van der Waals surface area contributed by atoms with Crippen LogP contribution in [0, 0.1) is 0 Å². The summed E-state index contributed by atoms with van der Waals surface area (Å²) in [6.07, 6.45) is 0.130. The number of carbonyl (C=O) groups is 1. The van der Waals surface area contributed by atoms with Crippen LogP contribution in [-0.4, -0.2) is 62.3 Å². The van der Waals surface area contributed by atoms with E-state index in [1.54, 1.807) is 7.11 Å². The van der Waals surface area contributed by atoms with Gasteiger partial charge in [-0.15, -0.1) is 0 Å². The van der Waals surface area contributed by atoms with E-state index in [0.29, 0.717) is 13.1 Å². The van der Waals surface area contributed by atoms with Crippen molar-refractivity contribution < 1.29 is 9.53 Å². The molecule has 1 rings (SSSR count). The highest BCUT2D eigenvalue weighted by molar-refractivity contribution is 5.82. The number of likely N-dealkylation sites (N-methyl/N-ethyl adjacent to an activating group) is 1. The Kier molecular flexibility index (Phi) is 5.88. The molecular weight excluding hydrogens is 218 g/mol. The fraction of sp³-hybridized carbons (Fsp3) is 0.917. The summed E-state index contributed by atoms with van der Waals surface area (Å²) in [6, 6.07) is 0.158. The number of methoxy groups -OCH3 is 1. The topological polar surface area (TPSA) is 53.6 Å². The Morgan fingerprint density at radius 3 is 2.88 bits per heavy atom. The average molecular weight is 243 g/mol. The van der Waals surface area contributed by atoms with E-state index in [1.165, 1.54) is 0 Å². The molecule has 1 aliphatic heterocycles. The molecular formula is C12H25N3O2. The van der Waals surface area contributed by atoms with Gasteiger partial charge in [-0.05, 0) is 20.8 Å². The van der Waals surface area contributed by atoms with Crippen LogP contribution in [0.1, 0.15) is 20.8 Å². The van der Waals surface area contributed by atoms with Crippen LogP contribution < -0.4 is 10.6 Å². The van der Waals surface area contributed by atoms with Gasteiger partial charge in [0.15, 0.2) is 0 Å². The molecule has 100 valence electrons. The second-order valence-electron chi connectivity index (χ2n) is 4.53. The summed E-state index contributed by atoms with van der Waals surface area (Å²) in [5.74, 6) is 0.106. The van der Waals surface area contributed by atoms with Gasteiger partial charge in [0.05, 0.1) is 6.10 Å². The smallest absolute Gasteiger partial charge is 0.238 e. The number of carbonyl (C=O) groups excluding carboxylic acids is 1. The molecule has 0 bridgehead atoms. The molecule has 0 saturated carbocycles. The second-order valence-corrected chi connectivity index (χ2v) is 4.53. The second kappa shape index (κ2) is 6.93. The molecule has 0 radical (unpaired) electrons. The Hall–Kier alpha value is -0.650. The van der Waals surface area contributed by atoms with Gasteiger partial charge in [-0.3, -0.25) is 9.69 Å². The van der Waals surface area contributed by atoms with Gasteiger partial charge in [-0.2, -0.15) is 0 Å². The predicted molar refractivity (Wildman–Crippen MR) is 68.0 cm³/mol. The molecule has 1 fully saturated rings. The van der Waals surface area contributed by atoms with E-state index in [4.69, 9.17) is 4.74 Å². The van der Waals surface area contributed by atoms with Gasteiger partial charge >= 0.3 is 0 Å². The monoisotopic (exact) mass is 243 g/mol. The van der Waals surface area contributed by atoms with E-state index < -0.39 is 0 Å². The summed E-state index contributed by atoms with van der Waals surface area (Å²) >= 11 is 0. The molecule has 1 aliphatic rings. The van der Waals surface area contributed by atoms with Crippen LogP contribution in [0.5, 0.6) is 0 Å². The van der Waals surface area contributed by atoms with Crippen LogP contribution in [0.25, 0.3) is 0 Å². The highest BCUT2D eigenvalue weighted by Crippen LogP contribution is 2.13. The summed E-state index contributed by atoms with van der Waals surface area (Å²) < 4.78 is 5.36. The third-order valence-corrected chi connectivity index (χ3v) is 3.51. The van der Waals surface area contributed by atoms with Crippen LogP contribution in [-0.2, 0) is 9.53 Å². The number of hydrogen-bond acceptors (Lipinski definition) is 4. The molecule has 1 heterocycles. The van der Waals surface area contributed by atoms with Crippen LogP contribution >= 0.6 is 0 Å². The maximum absolute atomic E-state index is 12.0. The molecule has 3 atom stereocenters. The lowest BCUT2D eigenvalue weighted by Gasteiger charge is -2.41. The highest BCUT2D eigenvalue weighted by Gasteiger charge is 2.33. The first kappa shape index (κ1) is 14.4. The molecule has 17 heavy (non-hydrogen) atoms. The van der Waals surface area contributed by atoms with E-state index >= 15 is 0 Å². The Labute approximate surface area is 104 Å². The standard InChI is InChI=1S/C12H25N3O2/c1-5-14-12(16)11-8-13-6-7-15(11)9(2)10(3)17-4/h9-11,13H,5-8H2,1-4H3,(H,14,16). The van der Waals surface area contributed by atoms with Crippen LogP contribution in [0.2, 0.25) is 0 Å². The normalized spacial score (nSPS) is 25.3. The fourth-order valence-electron chi connectivity index (χ4n) is 2.21. The van der Waals surface area contributed by atoms with Crippen molar-refractivity contribution in [3.8, 4) is 0 Å². The lowest BCUT2D eigenvalue weighted by atomic mass is 10.1. The summed E-state index contributed by atoms with van der Waals surface area (Å²) in [5, 5.41) is 6.17. The quantitative estimate of drug-likeness (QED) is 0.703. The molecule has 0 spiro atoms. The maximum Gasteiger partial charge on any atom is 0.238 e. The van der Waals surface area contributed by atoms with Gasteiger partial charge in [0.2, 0.25) is 5.91 Å². The fourth-order valence-corrected chi connectivity index (χ4v) is 2.21. The van der Waals surface area contributed by atoms with Gasteiger partial charge in [0.1, 0.15) is 6.04 Å². The molecule has 5 heteroatoms. The first-order chi connectivity index (χ1) is 8.11. The van der Waals surface area contributed by atoms with Crippen molar-refractivity contribution in [2.75, 3.05) is 33.3 Å². The molecule has 1 amide bonds. The number of piperazine rings is 1. The lowest BCUT2D eigenvalue weighted by molar-refractivity contribution is -0.129. The zero-order valence-corrected chi connectivity index (χ0v) is 11.3. The van der Waals surface area contributed by atoms with E-state index in [1.807, 2.05) is 13.8 Å². The Morgan fingerprint density at radius 2 is 2.29 bits per heavy atom. The Bertz CT molecular complexity index is 248. The number of amides is 1. The molecule has 1 saturated heterocycles. The predicted octanol–water partition coefficient (Wildman–Crippen LogP) is -0.180. The molecule has 0 aromatic carbocycles. The molecule has 2 N–H and O–H groups in total. The van der Waals surface area contributed by atoms with Crippen molar-refractivity contribution in [2.45, 2.75) is 39.0 Å². The summed E-state index contributed by atoms with van der Waals surface area (Å²) in [4.78, 5) is 14.2. The summed E-state index contributed by atoms with van der Waals surface area (Å²) in [5.41, 5.74) is 0. The van der Waals surface area contributed by atoms with E-state index in [2.05, 4.69) is 22.5 Å². The molecule has 3 unspecified atom stereocenters. The highest BCUT2D eigenvalue weighted by atomic mass is 16.5. The van der Waals surface area contributed by atoms with Crippen molar-refractivity contribution in [1.82, 2.24) is 15.5 Å². The molecule has 0 aromatic heterocycles. The summed E-state index contributed by atoms with van der Waals surface area (Å²) in [7, 11) is 1.71. The minimum atomic E-state index is -0.0868. The number of hydrogen-bond donors (Lipinski definition) is 2. The lowest BCUT2D eigenvalue weighted by Crippen LogP contribution is -2.62. The number of rotatable bonds is 5. The zero-order valence-electron chi connectivity index (χ0n) is 11.3. The van der Waals surface area contributed by atoms with Crippen molar-refractivity contribution in [3.05, 3.63) is 0 Å². The van der Waals surface area contributed by atoms with Crippen molar-refractivity contribution >= 4 is 5.91 Å². The van der Waals surface area contributed by atoms with Crippen molar-refractivity contribution in [1.29, 1.82) is 0 Å². The molecule has 0 aliphatic carbocycles. The van der Waals surface area contributed by atoms with Gasteiger partial charge < -0.3 is 15.4 Å². The Balaban J connectivity index is 2.68. The van der Waals surface area contributed by atoms with Crippen LogP contribution in [0.15, 0.2) is 0 Å². The first-order valence-electron chi connectivity index (χ1n) is 6.38. The zero-order chi connectivity index (χ0) is 12.8. The Morgan fingerprint density at radius 1 is 1.59 bits per heavy atom. The van der Waals surface area contributed by atoms with Crippen molar-refractivity contribution in [2.24, 2.45) is 0 Å². The van der Waals surface area contributed by atoms with Gasteiger partial charge in [0.25, 0.3) is 0 Å². The molecule has 0 aromatic rings. The number of nitrogens with zero attached hydrogens (tertiary/aromatic N) is 1. The van der Waals surface area contributed by atoms with Gasteiger partial charge in [0, 0.05) is 39.3 Å². The number of ether oxygens (including phenoxy) is 1. The summed E-state index contributed by atoms with van der Waals surface area (Å²) in [6.45, 7) is 9.31. The van der Waals surface area contributed by atoms with E-state index in [0.717, 1.165) is 13.1 Å². The largest absolute Gasteiger partial charge is 0.380 e. The SMILES string of the molecule is CCNC(=O)C1CNCCN1C(C)C(C)OC. The molecule has 5 nitrogen and oxygen atoms in total. The minimum Gasteiger partial charge on any atom is -0.380 e. The van der Waals surface area contributed by atoms with Crippen LogP contribution in [0.3, 0.4) is 0 Å². The van der Waals surface area contributed by atoms with Crippen molar-refractivity contribution in [3.63, 3.8) is 0 Å². The van der Waals surface area contributed by atoms with Gasteiger partial charge in [-0.1, -0.05) is 0 Å². The van der Waals surface area contributed by atoms with Crippen LogP contribution in [0.4, 0.5) is 0 Å². The number of nitrogens with one attached hydrogen (secondary N) is 2. The van der Waals surface area contributed by atoms with Gasteiger partial charge in [-0.25, -0.2) is 0 Å². The third-order valence-electron chi connectivity index (χ3n) is 3.51. The minimum absolute atomic E-state index is 0.0868. The maximum atomic E-state index is 12.0. The van der Waals surface area contributed by atoms with E-state index in [9.17, 15) is 4.79 Å². The first-order valence-corrected chi connectivity index (χ1v) is 6.38. The average Bonchev–Trinajstić information content (AvgIpc) is 2.37. The third kappa shape index (κ3) is 3.66.